The van der Waals surface area contributed by atoms with Crippen LogP contribution in [0.2, 0.25) is 0 Å². The van der Waals surface area contributed by atoms with Crippen molar-refractivity contribution in [2.45, 2.75) is 30.0 Å². The Hall–Kier alpha value is -2.52. The lowest BCUT2D eigenvalue weighted by molar-refractivity contribution is -0.134. The second-order valence-electron chi connectivity index (χ2n) is 7.30. The maximum absolute atomic E-state index is 13.2. The second kappa shape index (κ2) is 8.69. The van der Waals surface area contributed by atoms with Crippen LogP contribution >= 0.6 is 23.1 Å². The fourth-order valence-electron chi connectivity index (χ4n) is 3.56. The van der Waals surface area contributed by atoms with Crippen molar-refractivity contribution >= 4 is 45.1 Å². The van der Waals surface area contributed by atoms with Gasteiger partial charge >= 0.3 is 0 Å². The molecule has 156 valence electrons. The van der Waals surface area contributed by atoms with E-state index in [2.05, 4.69) is 9.97 Å². The number of nitrogens with zero attached hydrogens (tertiary/aromatic N) is 3. The lowest BCUT2D eigenvalue weighted by atomic mass is 9.97. The maximum atomic E-state index is 13.2. The summed E-state index contributed by atoms with van der Waals surface area (Å²) in [5.41, 5.74) is 7.13. The van der Waals surface area contributed by atoms with Crippen molar-refractivity contribution in [1.82, 2.24) is 14.9 Å². The molecular weight excluding hydrogens is 423 g/mol. The van der Waals surface area contributed by atoms with Crippen LogP contribution in [0.1, 0.15) is 19.8 Å². The van der Waals surface area contributed by atoms with Crippen LogP contribution in [0.4, 0.5) is 4.39 Å². The van der Waals surface area contributed by atoms with E-state index in [4.69, 9.17) is 5.73 Å². The maximum Gasteiger partial charge on any atom is 0.235 e. The van der Waals surface area contributed by atoms with Crippen molar-refractivity contribution in [2.24, 2.45) is 11.7 Å². The van der Waals surface area contributed by atoms with Gasteiger partial charge in [0.2, 0.25) is 11.8 Å². The molecule has 0 spiro atoms. The Morgan fingerprint density at radius 2 is 2.07 bits per heavy atom. The molecule has 2 aromatic heterocycles. The number of thiophene rings is 1. The fraction of sp³-hybridized carbons (Fsp3) is 0.333. The minimum Gasteiger partial charge on any atom is -0.369 e. The summed E-state index contributed by atoms with van der Waals surface area (Å²) < 4.78 is 14.1. The van der Waals surface area contributed by atoms with Gasteiger partial charge in [0.1, 0.15) is 17.2 Å². The number of rotatable bonds is 5. The summed E-state index contributed by atoms with van der Waals surface area (Å²) in [7, 11) is 0. The first-order valence-corrected chi connectivity index (χ1v) is 11.4. The van der Waals surface area contributed by atoms with Gasteiger partial charge in [-0.2, -0.15) is 0 Å². The van der Waals surface area contributed by atoms with E-state index in [9.17, 15) is 14.0 Å². The van der Waals surface area contributed by atoms with Gasteiger partial charge in [0.15, 0.2) is 0 Å². The van der Waals surface area contributed by atoms with E-state index in [1.807, 2.05) is 13.0 Å². The van der Waals surface area contributed by atoms with Crippen LogP contribution in [-0.4, -0.2) is 45.0 Å². The summed E-state index contributed by atoms with van der Waals surface area (Å²) in [6.07, 6.45) is 3.00. The summed E-state index contributed by atoms with van der Waals surface area (Å²) >= 11 is 2.91. The van der Waals surface area contributed by atoms with E-state index in [-0.39, 0.29) is 28.8 Å². The summed E-state index contributed by atoms with van der Waals surface area (Å²) in [5, 5.41) is 0.383. The van der Waals surface area contributed by atoms with Crippen LogP contribution < -0.4 is 5.73 Å². The lowest BCUT2D eigenvalue weighted by Gasteiger charge is -2.32. The Balaban J connectivity index is 1.53. The number of halogens is 1. The molecule has 0 radical (unpaired) electrons. The molecule has 1 aliphatic heterocycles. The first-order valence-electron chi connectivity index (χ1n) is 9.67. The molecule has 1 aliphatic rings. The molecule has 1 saturated heterocycles. The molecule has 0 aliphatic carbocycles. The van der Waals surface area contributed by atoms with Gasteiger partial charge in [0.25, 0.3) is 0 Å². The summed E-state index contributed by atoms with van der Waals surface area (Å²) in [6.45, 7) is 2.87. The second-order valence-corrected chi connectivity index (χ2v) is 9.68. The number of fused-ring (bicyclic) bond motifs is 1. The number of hydrogen-bond acceptors (Lipinski definition) is 6. The molecule has 1 aromatic carbocycles. The predicted molar refractivity (Wildman–Crippen MR) is 117 cm³/mol. The van der Waals surface area contributed by atoms with Gasteiger partial charge in [-0.1, -0.05) is 23.9 Å². The number of hydrogen-bond donors (Lipinski definition) is 1. The first-order chi connectivity index (χ1) is 14.4. The molecule has 0 saturated carbocycles. The number of thioether (sulfide) groups is 1. The normalized spacial score (nSPS) is 17.8. The Morgan fingerprint density at radius 3 is 2.80 bits per heavy atom. The monoisotopic (exact) mass is 444 g/mol. The van der Waals surface area contributed by atoms with E-state index in [0.29, 0.717) is 13.1 Å². The highest BCUT2D eigenvalue weighted by atomic mass is 32.2. The van der Waals surface area contributed by atoms with Crippen LogP contribution in [0.5, 0.6) is 0 Å². The van der Waals surface area contributed by atoms with Crippen molar-refractivity contribution in [2.75, 3.05) is 13.1 Å². The minimum absolute atomic E-state index is 0.0203. The summed E-state index contributed by atoms with van der Waals surface area (Å²) in [6, 6.07) is 8.28. The Kier molecular flexibility index (Phi) is 6.01. The fourth-order valence-corrected chi connectivity index (χ4v) is 5.73. The molecule has 1 fully saturated rings. The highest BCUT2D eigenvalue weighted by Gasteiger charge is 2.30. The van der Waals surface area contributed by atoms with Gasteiger partial charge in [-0.25, -0.2) is 14.4 Å². The molecule has 30 heavy (non-hydrogen) atoms. The zero-order valence-corrected chi connectivity index (χ0v) is 18.0. The van der Waals surface area contributed by atoms with Gasteiger partial charge in [-0.3, -0.25) is 9.59 Å². The van der Waals surface area contributed by atoms with Crippen molar-refractivity contribution < 1.29 is 14.0 Å². The number of carbonyl (C=O) groups excluding carboxylic acids is 2. The zero-order chi connectivity index (χ0) is 21.3. The minimum atomic E-state index is -0.355. The van der Waals surface area contributed by atoms with Crippen molar-refractivity contribution in [3.63, 3.8) is 0 Å². The van der Waals surface area contributed by atoms with Crippen LogP contribution in [0.15, 0.2) is 41.7 Å². The van der Waals surface area contributed by atoms with E-state index >= 15 is 0 Å². The number of primary amides is 1. The molecule has 2 N–H and O–H groups in total. The van der Waals surface area contributed by atoms with Gasteiger partial charge in [-0.15, -0.1) is 11.3 Å². The van der Waals surface area contributed by atoms with Crippen molar-refractivity contribution in [3.8, 4) is 10.4 Å². The van der Waals surface area contributed by atoms with Gasteiger partial charge in [-0.05, 0) is 43.5 Å². The quantitative estimate of drug-likeness (QED) is 0.479. The number of nitrogens with two attached hydrogens (primary N) is 1. The highest BCUT2D eigenvalue weighted by molar-refractivity contribution is 8.00. The molecule has 2 unspecified atom stereocenters. The van der Waals surface area contributed by atoms with Crippen LogP contribution in [0, 0.1) is 11.7 Å². The zero-order valence-electron chi connectivity index (χ0n) is 16.4. The average molecular weight is 445 g/mol. The average Bonchev–Trinajstić information content (AvgIpc) is 3.19. The third kappa shape index (κ3) is 4.32. The molecule has 6 nitrogen and oxygen atoms in total. The smallest absolute Gasteiger partial charge is 0.235 e. The molecule has 2 atom stereocenters. The SMILES string of the molecule is CC(Sc1ncnc2cc(-c3ccc(F)cc3)sc12)C(=O)N1CCCC(C(N)=O)C1. The summed E-state index contributed by atoms with van der Waals surface area (Å²) in [4.78, 5) is 35.9. The molecule has 3 heterocycles. The van der Waals surface area contributed by atoms with E-state index in [1.165, 1.54) is 41.6 Å². The number of piperidine rings is 1. The van der Waals surface area contributed by atoms with Crippen molar-refractivity contribution in [3.05, 3.63) is 42.5 Å². The molecular formula is C21H21FN4O2S2. The Labute approximate surface area is 181 Å². The number of likely N-dealkylation sites (tertiary alicyclic amines) is 1. The lowest BCUT2D eigenvalue weighted by Crippen LogP contribution is -2.46. The van der Waals surface area contributed by atoms with E-state index in [1.54, 1.807) is 17.0 Å². The predicted octanol–water partition coefficient (Wildman–Crippen LogP) is 3.70. The first kappa shape index (κ1) is 20.7. The summed E-state index contributed by atoms with van der Waals surface area (Å²) in [5.74, 6) is -0.925. The molecule has 3 aromatic rings. The molecule has 0 bridgehead atoms. The molecule has 2 amide bonds. The standard InChI is InChI=1S/C21H21FN4O2S2/c1-12(21(28)26-8-2-3-14(10-26)19(23)27)29-20-18-16(24-11-25-20)9-17(30-18)13-4-6-15(22)7-5-13/h4-7,9,11-12,14H,2-3,8,10H2,1H3,(H2,23,27). The number of aromatic nitrogens is 2. The number of benzene rings is 1. The van der Waals surface area contributed by atoms with Crippen LogP contribution in [0.25, 0.3) is 20.7 Å². The third-order valence-electron chi connectivity index (χ3n) is 5.18. The van der Waals surface area contributed by atoms with Crippen LogP contribution in [-0.2, 0) is 9.59 Å². The van der Waals surface area contributed by atoms with E-state index < -0.39 is 0 Å². The Morgan fingerprint density at radius 1 is 1.30 bits per heavy atom. The van der Waals surface area contributed by atoms with E-state index in [0.717, 1.165) is 38.5 Å². The third-order valence-corrected chi connectivity index (χ3v) is 7.58. The van der Waals surface area contributed by atoms with Gasteiger partial charge in [0.05, 0.1) is 21.4 Å². The largest absolute Gasteiger partial charge is 0.369 e. The highest BCUT2D eigenvalue weighted by Crippen LogP contribution is 2.38. The molecule has 4 rings (SSSR count). The van der Waals surface area contributed by atoms with Crippen molar-refractivity contribution in [1.29, 1.82) is 0 Å². The number of carbonyl (C=O) groups is 2. The van der Waals surface area contributed by atoms with Gasteiger partial charge < -0.3 is 10.6 Å². The number of amides is 2. The Bertz CT molecular complexity index is 1090. The van der Waals surface area contributed by atoms with Crippen LogP contribution in [0.3, 0.4) is 0 Å². The van der Waals surface area contributed by atoms with Gasteiger partial charge in [0, 0.05) is 18.0 Å². The topological polar surface area (TPSA) is 89.2 Å². The molecule has 9 heteroatoms.